The molecule has 0 saturated heterocycles. The van der Waals surface area contributed by atoms with Gasteiger partial charge in [-0.1, -0.05) is 20.3 Å². The second-order valence-corrected chi connectivity index (χ2v) is 2.45. The highest BCUT2D eigenvalue weighted by molar-refractivity contribution is 4.52. The van der Waals surface area contributed by atoms with E-state index >= 15 is 0 Å². The van der Waals surface area contributed by atoms with E-state index in [0.717, 1.165) is 12.5 Å². The van der Waals surface area contributed by atoms with Gasteiger partial charge in [0.1, 0.15) is 0 Å². The van der Waals surface area contributed by atoms with Gasteiger partial charge in [-0.15, -0.1) is 0 Å². The summed E-state index contributed by atoms with van der Waals surface area (Å²) in [5, 5.41) is 3.15. The van der Waals surface area contributed by atoms with Crippen LogP contribution in [0.2, 0.25) is 0 Å². The first-order valence-corrected chi connectivity index (χ1v) is 3.45. The fourth-order valence-electron chi connectivity index (χ4n) is 0.943. The monoisotopic (exact) mass is 115 g/mol. The fraction of sp³-hybridized carbons (Fsp3) is 1.00. The molecule has 0 aromatic rings. The topological polar surface area (TPSA) is 12.0 Å². The van der Waals surface area contributed by atoms with E-state index < -0.39 is 0 Å². The Bertz CT molecular complexity index is 37.7. The third-order valence-corrected chi connectivity index (χ3v) is 1.33. The summed E-state index contributed by atoms with van der Waals surface area (Å²) in [5.41, 5.74) is 0. The Hall–Kier alpha value is -0.0400. The minimum atomic E-state index is 0.852. The van der Waals surface area contributed by atoms with Crippen LogP contribution in [0.3, 0.4) is 0 Å². The van der Waals surface area contributed by atoms with Crippen molar-refractivity contribution in [1.29, 1.82) is 0 Å². The molecule has 1 heteroatoms. The number of hydrogen-bond donors (Lipinski definition) is 1. The van der Waals surface area contributed by atoms with Crippen molar-refractivity contribution in [2.24, 2.45) is 5.92 Å². The lowest BCUT2D eigenvalue weighted by Crippen LogP contribution is -2.15. The smallest absolute Gasteiger partial charge is 0.00262 e. The quantitative estimate of drug-likeness (QED) is 0.587. The summed E-state index contributed by atoms with van der Waals surface area (Å²) in [6.07, 6.45) is 2.66. The molecule has 0 aliphatic rings. The van der Waals surface area contributed by atoms with Gasteiger partial charge in [0.2, 0.25) is 0 Å². The van der Waals surface area contributed by atoms with Crippen molar-refractivity contribution >= 4 is 0 Å². The molecule has 0 aliphatic carbocycles. The highest BCUT2D eigenvalue weighted by atomic mass is 14.8. The summed E-state index contributed by atoms with van der Waals surface area (Å²) < 4.78 is 0. The zero-order valence-electron chi connectivity index (χ0n) is 6.20. The lowest BCUT2D eigenvalue weighted by Gasteiger charge is -2.06. The van der Waals surface area contributed by atoms with Crippen molar-refractivity contribution in [3.8, 4) is 0 Å². The molecule has 0 fully saturated rings. The van der Waals surface area contributed by atoms with Crippen molar-refractivity contribution in [2.45, 2.75) is 26.7 Å². The van der Waals surface area contributed by atoms with E-state index in [-0.39, 0.29) is 0 Å². The molecule has 0 aromatic heterocycles. The van der Waals surface area contributed by atoms with Crippen LogP contribution in [-0.2, 0) is 0 Å². The molecule has 0 spiro atoms. The molecule has 0 unspecified atom stereocenters. The summed E-state index contributed by atoms with van der Waals surface area (Å²) in [6.45, 7) is 5.67. The Morgan fingerprint density at radius 2 is 2.12 bits per heavy atom. The molecule has 8 heavy (non-hydrogen) atoms. The molecule has 1 atom stereocenters. The maximum Gasteiger partial charge on any atom is -0.00262 e. The Balaban J connectivity index is 2.92. The molecule has 1 N–H and O–H groups in total. The van der Waals surface area contributed by atoms with Gasteiger partial charge >= 0.3 is 0 Å². The maximum atomic E-state index is 3.15. The summed E-state index contributed by atoms with van der Waals surface area (Å²) in [5.74, 6) is 0.852. The Labute approximate surface area is 52.5 Å². The Morgan fingerprint density at radius 1 is 1.50 bits per heavy atom. The largest absolute Gasteiger partial charge is 0.319 e. The van der Waals surface area contributed by atoms with Crippen LogP contribution in [0.25, 0.3) is 0 Å². The maximum absolute atomic E-state index is 3.15. The lowest BCUT2D eigenvalue weighted by molar-refractivity contribution is 0.498. The van der Waals surface area contributed by atoms with E-state index in [1.54, 1.807) is 0 Å². The lowest BCUT2D eigenvalue weighted by atomic mass is 10.1. The Morgan fingerprint density at radius 3 is 2.50 bits per heavy atom. The van der Waals surface area contributed by atoms with Crippen LogP contribution in [0, 0.1) is 5.92 Å². The van der Waals surface area contributed by atoms with Crippen molar-refractivity contribution in [3.05, 3.63) is 0 Å². The number of hydrogen-bond acceptors (Lipinski definition) is 1. The van der Waals surface area contributed by atoms with E-state index in [2.05, 4.69) is 19.2 Å². The average molecular weight is 115 g/mol. The predicted octanol–water partition coefficient (Wildman–Crippen LogP) is 1.64. The Kier molecular flexibility index (Phi) is 5.08. The van der Waals surface area contributed by atoms with Crippen LogP contribution in [0.1, 0.15) is 26.7 Å². The van der Waals surface area contributed by atoms with Crippen LogP contribution in [0.4, 0.5) is 0 Å². The molecular weight excluding hydrogens is 98.1 g/mol. The normalized spacial score (nSPS) is 13.9. The zero-order valence-corrected chi connectivity index (χ0v) is 6.20. The highest BCUT2D eigenvalue weighted by Gasteiger charge is 1.95. The van der Waals surface area contributed by atoms with E-state index in [9.17, 15) is 0 Å². The molecule has 0 amide bonds. The average Bonchev–Trinajstić information content (AvgIpc) is 1.68. The first kappa shape index (κ1) is 7.96. The van der Waals surface area contributed by atoms with E-state index in [1.165, 1.54) is 12.8 Å². The van der Waals surface area contributed by atoms with Crippen molar-refractivity contribution in [2.75, 3.05) is 13.6 Å². The van der Waals surface area contributed by atoms with Gasteiger partial charge in [-0.2, -0.15) is 0 Å². The third kappa shape index (κ3) is 4.13. The molecule has 0 heterocycles. The van der Waals surface area contributed by atoms with Gasteiger partial charge < -0.3 is 5.32 Å². The molecule has 0 radical (unpaired) electrons. The second kappa shape index (κ2) is 5.10. The highest BCUT2D eigenvalue weighted by Crippen LogP contribution is 2.01. The molecule has 50 valence electrons. The number of rotatable bonds is 4. The minimum absolute atomic E-state index is 0.852. The predicted molar refractivity (Wildman–Crippen MR) is 38.0 cm³/mol. The van der Waals surface area contributed by atoms with Gasteiger partial charge in [0.25, 0.3) is 0 Å². The molecule has 0 aromatic carbocycles. The summed E-state index contributed by atoms with van der Waals surface area (Å²) in [7, 11) is 2.01. The number of nitrogens with one attached hydrogen (secondary N) is 1. The van der Waals surface area contributed by atoms with Gasteiger partial charge in [0.15, 0.2) is 0 Å². The second-order valence-electron chi connectivity index (χ2n) is 2.45. The third-order valence-electron chi connectivity index (χ3n) is 1.33. The van der Waals surface area contributed by atoms with Crippen LogP contribution < -0.4 is 5.32 Å². The van der Waals surface area contributed by atoms with Crippen LogP contribution in [0.15, 0.2) is 0 Å². The van der Waals surface area contributed by atoms with E-state index in [1.807, 2.05) is 7.05 Å². The summed E-state index contributed by atoms with van der Waals surface area (Å²) in [6, 6.07) is 0. The first-order chi connectivity index (χ1) is 3.81. The molecule has 0 rings (SSSR count). The molecule has 1 nitrogen and oxygen atoms in total. The van der Waals surface area contributed by atoms with Gasteiger partial charge in [-0.05, 0) is 25.9 Å². The molecule has 0 saturated carbocycles. The molecular formula is C7H17N. The van der Waals surface area contributed by atoms with Crippen LogP contribution in [-0.4, -0.2) is 13.6 Å². The minimum Gasteiger partial charge on any atom is -0.319 e. The SMILES string of the molecule is CCC[C@H](C)CNC. The summed E-state index contributed by atoms with van der Waals surface area (Å²) in [4.78, 5) is 0. The van der Waals surface area contributed by atoms with Gasteiger partial charge in [0, 0.05) is 0 Å². The summed E-state index contributed by atoms with van der Waals surface area (Å²) >= 11 is 0. The standard InChI is InChI=1S/C7H17N/c1-4-5-7(2)6-8-3/h7-8H,4-6H2,1-3H3/t7-/m0/s1. The van der Waals surface area contributed by atoms with Gasteiger partial charge in [-0.3, -0.25) is 0 Å². The van der Waals surface area contributed by atoms with Gasteiger partial charge in [-0.25, -0.2) is 0 Å². The van der Waals surface area contributed by atoms with Crippen molar-refractivity contribution in [1.82, 2.24) is 5.32 Å². The molecule has 0 bridgehead atoms. The van der Waals surface area contributed by atoms with E-state index in [0.29, 0.717) is 0 Å². The molecule has 0 aliphatic heterocycles. The van der Waals surface area contributed by atoms with Crippen molar-refractivity contribution in [3.63, 3.8) is 0 Å². The first-order valence-electron chi connectivity index (χ1n) is 3.45. The van der Waals surface area contributed by atoms with Crippen LogP contribution in [0.5, 0.6) is 0 Å². The zero-order chi connectivity index (χ0) is 6.41. The van der Waals surface area contributed by atoms with Gasteiger partial charge in [0.05, 0.1) is 0 Å². The van der Waals surface area contributed by atoms with E-state index in [4.69, 9.17) is 0 Å². The fourth-order valence-corrected chi connectivity index (χ4v) is 0.943. The van der Waals surface area contributed by atoms with Crippen LogP contribution >= 0.6 is 0 Å². The van der Waals surface area contributed by atoms with Crippen molar-refractivity contribution < 1.29 is 0 Å².